The Morgan fingerprint density at radius 2 is 1.93 bits per heavy atom. The second-order valence-electron chi connectivity index (χ2n) is 7.88. The molecule has 27 heavy (non-hydrogen) atoms. The molecule has 1 saturated carbocycles. The lowest BCUT2D eigenvalue weighted by atomic mass is 9.82. The number of unbranched alkanes of at least 4 members (excludes halogenated alkanes) is 1. The minimum atomic E-state index is -0.289. The van der Waals surface area contributed by atoms with Crippen molar-refractivity contribution in [1.82, 2.24) is 5.32 Å². The zero-order chi connectivity index (χ0) is 19.9. The van der Waals surface area contributed by atoms with Gasteiger partial charge in [0.2, 0.25) is 0 Å². The van der Waals surface area contributed by atoms with Crippen LogP contribution in [0.1, 0.15) is 77.7 Å². The van der Waals surface area contributed by atoms with Gasteiger partial charge in [0.25, 0.3) is 0 Å². The molecule has 2 unspecified atom stereocenters. The molecule has 0 bridgehead atoms. The monoisotopic (exact) mass is 483 g/mol. The van der Waals surface area contributed by atoms with E-state index in [0.717, 1.165) is 34.3 Å². The van der Waals surface area contributed by atoms with Crippen LogP contribution in [0.25, 0.3) is 0 Å². The van der Waals surface area contributed by atoms with Crippen molar-refractivity contribution < 1.29 is 9.53 Å². The third-order valence-electron chi connectivity index (χ3n) is 5.83. The number of carbonyl (C=O) groups is 1. The van der Waals surface area contributed by atoms with E-state index in [1.165, 1.54) is 25.7 Å². The minimum Gasteiger partial charge on any atom is -0.428 e. The number of esters is 1. The van der Waals surface area contributed by atoms with Crippen LogP contribution in [0, 0.1) is 5.92 Å². The number of allylic oxidation sites excluding steroid dienone is 1. The van der Waals surface area contributed by atoms with Gasteiger partial charge in [0.05, 0.1) is 11.5 Å². The van der Waals surface area contributed by atoms with Crippen LogP contribution in [-0.2, 0) is 9.53 Å². The first-order valence-electron chi connectivity index (χ1n) is 10.3. The summed E-state index contributed by atoms with van der Waals surface area (Å²) in [5.74, 6) is 0.877. The number of ether oxygens (including phenoxy) is 1. The van der Waals surface area contributed by atoms with Crippen molar-refractivity contribution >= 4 is 28.6 Å². The topological polar surface area (TPSA) is 38.3 Å². The Bertz CT molecular complexity index is 633. The normalized spacial score (nSPS) is 19.3. The van der Waals surface area contributed by atoms with E-state index in [0.29, 0.717) is 5.92 Å². The maximum atomic E-state index is 13.0. The van der Waals surface area contributed by atoms with Crippen LogP contribution in [0.4, 0.5) is 0 Å². The van der Waals surface area contributed by atoms with Gasteiger partial charge >= 0.3 is 5.97 Å². The maximum absolute atomic E-state index is 13.0. The van der Waals surface area contributed by atoms with E-state index in [9.17, 15) is 4.79 Å². The maximum Gasteiger partial charge on any atom is 0.318 e. The third kappa shape index (κ3) is 5.80. The zero-order valence-electron chi connectivity index (χ0n) is 17.2. The molecule has 1 fully saturated rings. The molecule has 3 nitrogen and oxygen atoms in total. The van der Waals surface area contributed by atoms with Gasteiger partial charge in [0, 0.05) is 3.58 Å². The lowest BCUT2D eigenvalue weighted by Gasteiger charge is -2.39. The first-order chi connectivity index (χ1) is 12.9. The molecule has 0 radical (unpaired) electrons. The molecule has 1 aromatic rings. The zero-order valence-corrected chi connectivity index (χ0v) is 19.3. The third-order valence-corrected chi connectivity index (χ3v) is 6.32. The van der Waals surface area contributed by atoms with Gasteiger partial charge in [-0.25, -0.2) is 0 Å². The van der Waals surface area contributed by atoms with Gasteiger partial charge in [-0.05, 0) is 80.7 Å². The van der Waals surface area contributed by atoms with Gasteiger partial charge in [-0.2, -0.15) is 0 Å². The summed E-state index contributed by atoms with van der Waals surface area (Å²) >= 11 is 2.31. The van der Waals surface area contributed by atoms with E-state index in [1.54, 1.807) is 0 Å². The van der Waals surface area contributed by atoms with Crippen LogP contribution in [0.5, 0.6) is 0 Å². The number of hydrogen-bond acceptors (Lipinski definition) is 3. The van der Waals surface area contributed by atoms with E-state index in [1.807, 2.05) is 44.2 Å². The van der Waals surface area contributed by atoms with Crippen molar-refractivity contribution in [2.24, 2.45) is 5.92 Å². The predicted octanol–water partition coefficient (Wildman–Crippen LogP) is 6.34. The molecule has 4 heteroatoms. The van der Waals surface area contributed by atoms with Crippen LogP contribution in [-0.4, -0.2) is 18.1 Å². The molecule has 0 heterocycles. The first kappa shape index (κ1) is 22.4. The average Bonchev–Trinajstić information content (AvgIpc) is 3.21. The molecule has 2 rings (SSSR count). The van der Waals surface area contributed by atoms with Gasteiger partial charge < -0.3 is 10.1 Å². The Morgan fingerprint density at radius 1 is 1.30 bits per heavy atom. The number of halogens is 1. The Kier molecular flexibility index (Phi) is 8.80. The van der Waals surface area contributed by atoms with Gasteiger partial charge in [0.15, 0.2) is 0 Å². The predicted molar refractivity (Wildman–Crippen MR) is 121 cm³/mol. The fourth-order valence-electron chi connectivity index (χ4n) is 4.04. The number of nitrogens with one attached hydrogen (secondary N) is 1. The first-order valence-corrected chi connectivity index (χ1v) is 11.4. The molecule has 0 aliphatic heterocycles. The van der Waals surface area contributed by atoms with Crippen LogP contribution in [0.3, 0.4) is 0 Å². The van der Waals surface area contributed by atoms with Crippen molar-refractivity contribution in [3.05, 3.63) is 45.2 Å². The summed E-state index contributed by atoms with van der Waals surface area (Å²) in [5, 5.41) is 3.76. The van der Waals surface area contributed by atoms with Crippen LogP contribution in [0.15, 0.2) is 39.7 Å². The summed E-state index contributed by atoms with van der Waals surface area (Å²) in [6, 6.07) is 9.88. The average molecular weight is 483 g/mol. The summed E-state index contributed by atoms with van der Waals surface area (Å²) in [6.07, 6.45) is 7.18. The number of benzene rings is 1. The fourth-order valence-corrected chi connectivity index (χ4v) is 4.71. The Labute approximate surface area is 178 Å². The van der Waals surface area contributed by atoms with Gasteiger partial charge in [0.1, 0.15) is 5.76 Å². The number of hydrogen-bond donors (Lipinski definition) is 1. The van der Waals surface area contributed by atoms with Crippen molar-refractivity contribution in [1.29, 1.82) is 0 Å². The van der Waals surface area contributed by atoms with E-state index in [-0.39, 0.29) is 17.4 Å². The molecular formula is C23H34INO2. The molecule has 0 saturated heterocycles. The van der Waals surface area contributed by atoms with E-state index >= 15 is 0 Å². The van der Waals surface area contributed by atoms with Crippen molar-refractivity contribution in [2.45, 2.75) is 77.7 Å². The standard InChI is InChI=1S/C23H34INO2/c1-5-6-16-25-23(4,20-14-10-11-15-20)21(18(3)24)27-22(26)17(2)19-12-8-7-9-13-19/h7-9,12-13,17,20,25H,5-6,10-11,14-16H2,1-4H3. The van der Waals surface area contributed by atoms with Gasteiger partial charge in [-0.15, -0.1) is 0 Å². The second-order valence-corrected chi connectivity index (χ2v) is 9.50. The molecule has 150 valence electrons. The summed E-state index contributed by atoms with van der Waals surface area (Å²) in [4.78, 5) is 13.0. The van der Waals surface area contributed by atoms with Crippen LogP contribution in [0.2, 0.25) is 0 Å². The highest BCUT2D eigenvalue weighted by molar-refractivity contribution is 14.1. The quantitative estimate of drug-likeness (QED) is 0.193. The van der Waals surface area contributed by atoms with Crippen molar-refractivity contribution in [3.8, 4) is 0 Å². The molecule has 1 N–H and O–H groups in total. The Hall–Kier alpha value is -0.880. The highest BCUT2D eigenvalue weighted by Gasteiger charge is 2.42. The summed E-state index contributed by atoms with van der Waals surface area (Å²) < 4.78 is 7.16. The minimum absolute atomic E-state index is 0.172. The summed E-state index contributed by atoms with van der Waals surface area (Å²) in [7, 11) is 0. The van der Waals surface area contributed by atoms with E-state index in [4.69, 9.17) is 4.74 Å². The molecule has 0 spiro atoms. The molecule has 0 amide bonds. The molecule has 1 aromatic carbocycles. The summed E-state index contributed by atoms with van der Waals surface area (Å²) in [6.45, 7) is 9.36. The molecule has 1 aliphatic rings. The van der Waals surface area contributed by atoms with Gasteiger partial charge in [-0.3, -0.25) is 4.79 Å². The smallest absolute Gasteiger partial charge is 0.318 e. The summed E-state index contributed by atoms with van der Waals surface area (Å²) in [5.41, 5.74) is 0.706. The van der Waals surface area contributed by atoms with Crippen molar-refractivity contribution in [3.63, 3.8) is 0 Å². The lowest BCUT2D eigenvalue weighted by Crippen LogP contribution is -2.51. The Balaban J connectivity index is 2.24. The van der Waals surface area contributed by atoms with Crippen molar-refractivity contribution in [2.75, 3.05) is 6.54 Å². The van der Waals surface area contributed by atoms with E-state index < -0.39 is 0 Å². The van der Waals surface area contributed by atoms with E-state index in [2.05, 4.69) is 41.8 Å². The van der Waals surface area contributed by atoms with Crippen LogP contribution < -0.4 is 5.32 Å². The second kappa shape index (κ2) is 10.6. The molecule has 2 atom stereocenters. The number of carbonyl (C=O) groups excluding carboxylic acids is 1. The Morgan fingerprint density at radius 3 is 2.48 bits per heavy atom. The molecular weight excluding hydrogens is 449 g/mol. The lowest BCUT2D eigenvalue weighted by molar-refractivity contribution is -0.142. The molecule has 0 aromatic heterocycles. The SMILES string of the molecule is CCCCNC(C)(C(OC(=O)C(C)c1ccccc1)=C(C)I)C1CCCC1. The largest absolute Gasteiger partial charge is 0.428 e. The highest BCUT2D eigenvalue weighted by Crippen LogP contribution is 2.41. The molecule has 1 aliphatic carbocycles. The fraction of sp³-hybridized carbons (Fsp3) is 0.609. The van der Waals surface area contributed by atoms with Gasteiger partial charge in [-0.1, -0.05) is 56.5 Å². The number of rotatable bonds is 9. The van der Waals surface area contributed by atoms with Crippen LogP contribution >= 0.6 is 22.6 Å². The highest BCUT2D eigenvalue weighted by atomic mass is 127.